The average Bonchev–Trinajstić information content (AvgIpc) is 2.50. The van der Waals surface area contributed by atoms with E-state index in [0.29, 0.717) is 5.56 Å². The Bertz CT molecular complexity index is 489. The summed E-state index contributed by atoms with van der Waals surface area (Å²) in [6, 6.07) is 8.08. The molecular weight excluding hydrogens is 280 g/mol. The van der Waals surface area contributed by atoms with E-state index in [0.717, 1.165) is 0 Å². The van der Waals surface area contributed by atoms with Crippen molar-refractivity contribution in [3.05, 3.63) is 35.9 Å². The summed E-state index contributed by atoms with van der Waals surface area (Å²) in [5.41, 5.74) is 0.308. The van der Waals surface area contributed by atoms with Gasteiger partial charge in [0, 0.05) is 5.56 Å². The first-order chi connectivity index (χ1) is 9.89. The van der Waals surface area contributed by atoms with E-state index in [1.807, 2.05) is 0 Å². The number of carbonyl (C=O) groups is 1. The number of aliphatic hydroxyl groups is 5. The van der Waals surface area contributed by atoms with Crippen molar-refractivity contribution in [3.63, 3.8) is 0 Å². The zero-order valence-electron chi connectivity index (χ0n) is 11.2. The fraction of sp³-hybridized carbons (Fsp3) is 0.500. The lowest BCUT2D eigenvalue weighted by atomic mass is 9.88. The Kier molecular flexibility index (Phi) is 4.72. The average molecular weight is 298 g/mol. The van der Waals surface area contributed by atoms with E-state index in [9.17, 15) is 25.2 Å². The molecule has 7 nitrogen and oxygen atoms in total. The topological polar surface area (TPSA) is 127 Å². The van der Waals surface area contributed by atoms with Crippen LogP contribution in [0.5, 0.6) is 0 Å². The monoisotopic (exact) mass is 298 g/mol. The van der Waals surface area contributed by atoms with Crippen molar-refractivity contribution in [2.45, 2.75) is 36.6 Å². The molecule has 0 amide bonds. The maximum absolute atomic E-state index is 12.1. The lowest BCUT2D eigenvalue weighted by Gasteiger charge is -2.45. The minimum atomic E-state index is -2.38. The molecule has 1 fully saturated rings. The van der Waals surface area contributed by atoms with Crippen molar-refractivity contribution in [2.24, 2.45) is 0 Å². The first kappa shape index (κ1) is 16.0. The van der Waals surface area contributed by atoms with Gasteiger partial charge >= 0.3 is 0 Å². The number of ketones is 1. The van der Waals surface area contributed by atoms with Crippen molar-refractivity contribution in [2.75, 3.05) is 6.61 Å². The highest BCUT2D eigenvalue weighted by Gasteiger charge is 2.53. The highest BCUT2D eigenvalue weighted by Crippen LogP contribution is 2.31. The molecule has 5 N–H and O–H groups in total. The molecule has 1 aromatic carbocycles. The second kappa shape index (κ2) is 6.18. The quantitative estimate of drug-likeness (QED) is 0.425. The number of ether oxygens (including phenoxy) is 1. The van der Waals surface area contributed by atoms with E-state index in [4.69, 9.17) is 9.84 Å². The number of hydrogen-bond acceptors (Lipinski definition) is 7. The Balaban J connectivity index is 2.18. The molecule has 0 unspecified atom stereocenters. The van der Waals surface area contributed by atoms with Crippen LogP contribution in [0.2, 0.25) is 0 Å². The molecule has 0 aliphatic carbocycles. The van der Waals surface area contributed by atoms with Crippen LogP contribution in [-0.4, -0.2) is 68.1 Å². The lowest BCUT2D eigenvalue weighted by Crippen LogP contribution is -2.65. The molecule has 7 heteroatoms. The van der Waals surface area contributed by atoms with E-state index in [-0.39, 0.29) is 0 Å². The fourth-order valence-corrected chi connectivity index (χ4v) is 2.32. The molecule has 0 aromatic heterocycles. The van der Waals surface area contributed by atoms with Crippen LogP contribution >= 0.6 is 0 Å². The first-order valence-electron chi connectivity index (χ1n) is 6.52. The van der Waals surface area contributed by atoms with Crippen molar-refractivity contribution >= 4 is 5.78 Å². The van der Waals surface area contributed by atoms with Gasteiger partial charge in [0.05, 0.1) is 13.0 Å². The van der Waals surface area contributed by atoms with Crippen molar-refractivity contribution in [1.82, 2.24) is 0 Å². The Morgan fingerprint density at radius 2 is 1.76 bits per heavy atom. The Labute approximate surface area is 121 Å². The van der Waals surface area contributed by atoms with Gasteiger partial charge in [-0.15, -0.1) is 0 Å². The molecule has 1 saturated heterocycles. The van der Waals surface area contributed by atoms with E-state index in [1.54, 1.807) is 18.2 Å². The molecular formula is C14H18O7. The Hall–Kier alpha value is -1.35. The highest BCUT2D eigenvalue weighted by molar-refractivity contribution is 5.96. The van der Waals surface area contributed by atoms with Crippen LogP contribution in [0.4, 0.5) is 0 Å². The van der Waals surface area contributed by atoms with Gasteiger partial charge in [0.2, 0.25) is 5.79 Å². The number of Topliss-reactive ketones (excluding diaryl/α,β-unsaturated/α-hetero) is 1. The van der Waals surface area contributed by atoms with Crippen LogP contribution in [0.25, 0.3) is 0 Å². The van der Waals surface area contributed by atoms with Gasteiger partial charge in [0.15, 0.2) is 5.78 Å². The fourth-order valence-electron chi connectivity index (χ4n) is 2.32. The van der Waals surface area contributed by atoms with Crippen LogP contribution in [0.3, 0.4) is 0 Å². The summed E-state index contributed by atoms with van der Waals surface area (Å²) >= 11 is 0. The molecule has 5 atom stereocenters. The van der Waals surface area contributed by atoms with Crippen molar-refractivity contribution in [3.8, 4) is 0 Å². The highest BCUT2D eigenvalue weighted by atomic mass is 16.7. The molecule has 0 radical (unpaired) electrons. The van der Waals surface area contributed by atoms with E-state index in [2.05, 4.69) is 0 Å². The van der Waals surface area contributed by atoms with Gasteiger partial charge in [-0.3, -0.25) is 4.79 Å². The molecule has 0 spiro atoms. The Morgan fingerprint density at radius 1 is 1.14 bits per heavy atom. The number of benzene rings is 1. The minimum Gasteiger partial charge on any atom is -0.394 e. The molecule has 0 bridgehead atoms. The number of rotatable bonds is 4. The SMILES string of the molecule is O=C(C[C@@]1(O)O[C@H](CO)[C@@H](O)[C@H](O)[C@H]1O)c1ccccc1. The molecule has 1 aliphatic rings. The predicted molar refractivity (Wildman–Crippen MR) is 70.3 cm³/mol. The van der Waals surface area contributed by atoms with Gasteiger partial charge in [-0.05, 0) is 0 Å². The third-order valence-corrected chi connectivity index (χ3v) is 3.56. The summed E-state index contributed by atoms with van der Waals surface area (Å²) in [5.74, 6) is -2.88. The molecule has 2 rings (SSSR count). The van der Waals surface area contributed by atoms with Crippen LogP contribution in [-0.2, 0) is 4.74 Å². The lowest BCUT2D eigenvalue weighted by molar-refractivity contribution is -0.346. The molecule has 1 aromatic rings. The standard InChI is InChI=1S/C14H18O7/c15-7-10-11(17)12(18)13(19)14(20,21-10)6-9(16)8-4-2-1-3-5-8/h1-5,10-13,15,17-20H,6-7H2/t10-,11-,12+,13-,14-/m1/s1. The predicted octanol–water partition coefficient (Wildman–Crippen LogP) is -1.58. The first-order valence-corrected chi connectivity index (χ1v) is 6.52. The minimum absolute atomic E-state index is 0.308. The van der Waals surface area contributed by atoms with Gasteiger partial charge in [-0.1, -0.05) is 30.3 Å². The van der Waals surface area contributed by atoms with Crippen LogP contribution < -0.4 is 0 Å². The van der Waals surface area contributed by atoms with E-state index in [1.165, 1.54) is 12.1 Å². The van der Waals surface area contributed by atoms with Gasteiger partial charge in [-0.25, -0.2) is 0 Å². The van der Waals surface area contributed by atoms with Crippen molar-refractivity contribution in [1.29, 1.82) is 0 Å². The maximum atomic E-state index is 12.1. The van der Waals surface area contributed by atoms with Crippen molar-refractivity contribution < 1.29 is 35.1 Å². The number of carbonyl (C=O) groups excluding carboxylic acids is 1. The molecule has 0 saturated carbocycles. The summed E-state index contributed by atoms with van der Waals surface area (Å²) in [5, 5.41) is 48.5. The van der Waals surface area contributed by atoms with Gasteiger partial charge < -0.3 is 30.3 Å². The summed E-state index contributed by atoms with van der Waals surface area (Å²) < 4.78 is 5.03. The molecule has 116 valence electrons. The smallest absolute Gasteiger partial charge is 0.202 e. The summed E-state index contributed by atoms with van der Waals surface area (Å²) in [4.78, 5) is 12.1. The van der Waals surface area contributed by atoms with Crippen LogP contribution in [0.1, 0.15) is 16.8 Å². The summed E-state index contributed by atoms with van der Waals surface area (Å²) in [6.45, 7) is -0.674. The molecule has 1 heterocycles. The zero-order chi connectivity index (χ0) is 15.6. The zero-order valence-corrected chi connectivity index (χ0v) is 11.2. The normalized spacial score (nSPS) is 36.4. The van der Waals surface area contributed by atoms with E-state index < -0.39 is 49.0 Å². The third-order valence-electron chi connectivity index (χ3n) is 3.56. The summed E-state index contributed by atoms with van der Waals surface area (Å²) in [6.07, 6.45) is -7.07. The van der Waals surface area contributed by atoms with Crippen LogP contribution in [0, 0.1) is 0 Å². The summed E-state index contributed by atoms with van der Waals surface area (Å²) in [7, 11) is 0. The Morgan fingerprint density at radius 3 is 2.33 bits per heavy atom. The van der Waals surface area contributed by atoms with Crippen LogP contribution in [0.15, 0.2) is 30.3 Å². The largest absolute Gasteiger partial charge is 0.394 e. The number of aliphatic hydroxyl groups excluding tert-OH is 4. The van der Waals surface area contributed by atoms with Gasteiger partial charge in [0.1, 0.15) is 24.4 Å². The third kappa shape index (κ3) is 3.13. The molecule has 1 aliphatic heterocycles. The number of hydrogen-bond donors (Lipinski definition) is 5. The van der Waals surface area contributed by atoms with E-state index >= 15 is 0 Å². The second-order valence-corrected chi connectivity index (χ2v) is 5.08. The van der Waals surface area contributed by atoms with Gasteiger partial charge in [0.25, 0.3) is 0 Å². The molecule has 21 heavy (non-hydrogen) atoms. The second-order valence-electron chi connectivity index (χ2n) is 5.08. The van der Waals surface area contributed by atoms with Gasteiger partial charge in [-0.2, -0.15) is 0 Å². The maximum Gasteiger partial charge on any atom is 0.202 e.